The number of hydrogen-bond acceptors (Lipinski definition) is 7. The zero-order valence-electron chi connectivity index (χ0n) is 30.2. The van der Waals surface area contributed by atoms with Crippen molar-refractivity contribution >= 4 is 65.8 Å². The van der Waals surface area contributed by atoms with E-state index in [-0.39, 0.29) is 0 Å². The fourth-order valence-electron chi connectivity index (χ4n) is 8.29. The van der Waals surface area contributed by atoms with Crippen molar-refractivity contribution in [3.63, 3.8) is 0 Å². The fourth-order valence-corrected chi connectivity index (χ4v) is 8.29. The smallest absolute Gasteiger partial charge is 0.164 e. The van der Waals surface area contributed by atoms with Crippen LogP contribution in [0.25, 0.3) is 122 Å². The number of benzene rings is 7. The molecular formula is C50H28N4O3. The number of fused-ring (bicyclic) bond motifs is 9. The van der Waals surface area contributed by atoms with Crippen LogP contribution in [0, 0.1) is 0 Å². The third-order valence-corrected chi connectivity index (χ3v) is 10.9. The molecule has 0 bridgehead atoms. The standard InChI is InChI=1S/C50H28N4O3/c1-2-14-36(31(12-1)30-11-10-26-51-28-30)49-52-48(29-22-23-33-32-13-3-6-18-40(32)56-44(33)27-29)53-50(54-49)39-25-24-35(47-46(39)38-16-5-8-20-42(38)57-47)34-17-9-21-43-45(34)37-15-4-7-19-41(37)55-43/h1-28H. The number of furan rings is 3. The second-order valence-electron chi connectivity index (χ2n) is 14.1. The summed E-state index contributed by atoms with van der Waals surface area (Å²) in [5.74, 6) is 1.59. The van der Waals surface area contributed by atoms with Crippen LogP contribution in [0.1, 0.15) is 0 Å². The maximum atomic E-state index is 6.80. The summed E-state index contributed by atoms with van der Waals surface area (Å²) in [6.45, 7) is 0. The van der Waals surface area contributed by atoms with Crippen molar-refractivity contribution in [1.82, 2.24) is 19.9 Å². The van der Waals surface area contributed by atoms with Gasteiger partial charge in [-0.2, -0.15) is 0 Å². The lowest BCUT2D eigenvalue weighted by Crippen LogP contribution is -2.01. The molecule has 266 valence electrons. The highest BCUT2D eigenvalue weighted by atomic mass is 16.3. The molecule has 0 radical (unpaired) electrons. The van der Waals surface area contributed by atoms with E-state index in [1.54, 1.807) is 6.20 Å². The molecule has 7 heteroatoms. The van der Waals surface area contributed by atoms with Crippen molar-refractivity contribution in [3.8, 4) is 56.4 Å². The van der Waals surface area contributed by atoms with Crippen molar-refractivity contribution in [2.24, 2.45) is 0 Å². The van der Waals surface area contributed by atoms with Gasteiger partial charge in [0.1, 0.15) is 33.5 Å². The Bertz CT molecular complexity index is 3540. The van der Waals surface area contributed by atoms with Crippen molar-refractivity contribution in [2.45, 2.75) is 0 Å². The molecule has 0 amide bonds. The van der Waals surface area contributed by atoms with E-state index < -0.39 is 0 Å². The highest BCUT2D eigenvalue weighted by Gasteiger charge is 2.23. The fraction of sp³-hybridized carbons (Fsp3) is 0. The minimum atomic E-state index is 0.524. The molecule has 12 rings (SSSR count). The number of hydrogen-bond donors (Lipinski definition) is 0. The molecule has 12 aromatic rings. The molecule has 0 N–H and O–H groups in total. The molecule has 0 aliphatic rings. The molecule has 7 nitrogen and oxygen atoms in total. The van der Waals surface area contributed by atoms with Crippen molar-refractivity contribution < 1.29 is 13.3 Å². The van der Waals surface area contributed by atoms with Crippen molar-refractivity contribution in [3.05, 3.63) is 170 Å². The molecule has 0 fully saturated rings. The molecule has 5 aromatic heterocycles. The maximum Gasteiger partial charge on any atom is 0.164 e. The molecule has 5 heterocycles. The first-order chi connectivity index (χ1) is 28.2. The summed E-state index contributed by atoms with van der Waals surface area (Å²) in [7, 11) is 0. The number of aromatic nitrogens is 4. The lowest BCUT2D eigenvalue weighted by molar-refractivity contribution is 0.668. The summed E-state index contributed by atoms with van der Waals surface area (Å²) in [4.78, 5) is 20.1. The molecule has 0 saturated carbocycles. The summed E-state index contributed by atoms with van der Waals surface area (Å²) in [5, 5.41) is 6.08. The Kier molecular flexibility index (Phi) is 6.79. The van der Waals surface area contributed by atoms with Gasteiger partial charge in [-0.3, -0.25) is 4.98 Å². The largest absolute Gasteiger partial charge is 0.456 e. The van der Waals surface area contributed by atoms with Crippen molar-refractivity contribution in [1.29, 1.82) is 0 Å². The first-order valence-electron chi connectivity index (χ1n) is 18.8. The highest BCUT2D eigenvalue weighted by molar-refractivity contribution is 6.20. The third kappa shape index (κ3) is 4.92. The SMILES string of the molecule is c1cncc(-c2ccccc2-c2nc(-c3ccc4c(c3)oc3ccccc34)nc(-c3ccc(-c4cccc5oc6ccccc6c45)c4oc5ccccc5c34)n2)c1. The summed E-state index contributed by atoms with van der Waals surface area (Å²) >= 11 is 0. The lowest BCUT2D eigenvalue weighted by atomic mass is 9.95. The molecule has 0 atom stereocenters. The van der Waals surface area contributed by atoms with Gasteiger partial charge >= 0.3 is 0 Å². The van der Waals surface area contributed by atoms with Crippen LogP contribution in [0.15, 0.2) is 183 Å². The monoisotopic (exact) mass is 732 g/mol. The van der Waals surface area contributed by atoms with Gasteiger partial charge < -0.3 is 13.3 Å². The highest BCUT2D eigenvalue weighted by Crippen LogP contribution is 2.45. The van der Waals surface area contributed by atoms with Gasteiger partial charge in [0.05, 0.1) is 0 Å². The molecule has 0 aliphatic carbocycles. The van der Waals surface area contributed by atoms with Crippen LogP contribution in [0.2, 0.25) is 0 Å². The predicted molar refractivity (Wildman–Crippen MR) is 227 cm³/mol. The van der Waals surface area contributed by atoms with Gasteiger partial charge in [-0.15, -0.1) is 0 Å². The van der Waals surface area contributed by atoms with Gasteiger partial charge in [0.25, 0.3) is 0 Å². The van der Waals surface area contributed by atoms with E-state index in [4.69, 9.17) is 28.2 Å². The van der Waals surface area contributed by atoms with Gasteiger partial charge in [0, 0.05) is 72.5 Å². The summed E-state index contributed by atoms with van der Waals surface area (Å²) in [6.07, 6.45) is 3.64. The van der Waals surface area contributed by atoms with Crippen LogP contribution in [-0.4, -0.2) is 19.9 Å². The summed E-state index contributed by atoms with van der Waals surface area (Å²) in [5.41, 5.74) is 11.2. The van der Waals surface area contributed by atoms with Crippen LogP contribution in [-0.2, 0) is 0 Å². The van der Waals surface area contributed by atoms with Crippen LogP contribution in [0.4, 0.5) is 0 Å². The lowest BCUT2D eigenvalue weighted by Gasteiger charge is -2.13. The van der Waals surface area contributed by atoms with E-state index in [2.05, 4.69) is 65.6 Å². The van der Waals surface area contributed by atoms with Gasteiger partial charge in [0.2, 0.25) is 0 Å². The zero-order valence-corrected chi connectivity index (χ0v) is 30.2. The second kappa shape index (κ2) is 12.3. The van der Waals surface area contributed by atoms with Gasteiger partial charge in [-0.25, -0.2) is 15.0 Å². The second-order valence-corrected chi connectivity index (χ2v) is 14.1. The van der Waals surface area contributed by atoms with E-state index in [1.165, 1.54) is 0 Å². The van der Waals surface area contributed by atoms with E-state index in [1.807, 2.05) is 103 Å². The number of rotatable bonds is 5. The average Bonchev–Trinajstić information content (AvgIpc) is 3.98. The predicted octanol–water partition coefficient (Wildman–Crippen LogP) is 13.3. The summed E-state index contributed by atoms with van der Waals surface area (Å²) < 4.78 is 19.4. The molecule has 0 saturated heterocycles. The topological polar surface area (TPSA) is 91.0 Å². The quantitative estimate of drug-likeness (QED) is 0.174. The molecule has 0 aliphatic heterocycles. The third-order valence-electron chi connectivity index (χ3n) is 10.9. The van der Waals surface area contributed by atoms with Gasteiger partial charge in [-0.1, -0.05) is 103 Å². The normalized spacial score (nSPS) is 11.9. The maximum absolute atomic E-state index is 6.80. The molecular weight excluding hydrogens is 705 g/mol. The Morgan fingerprint density at radius 2 is 0.930 bits per heavy atom. The Balaban J connectivity index is 1.13. The van der Waals surface area contributed by atoms with Crippen LogP contribution in [0.5, 0.6) is 0 Å². The molecule has 57 heavy (non-hydrogen) atoms. The van der Waals surface area contributed by atoms with Crippen LogP contribution < -0.4 is 0 Å². The van der Waals surface area contributed by atoms with Crippen molar-refractivity contribution in [2.75, 3.05) is 0 Å². The zero-order chi connectivity index (χ0) is 37.5. The first-order valence-corrected chi connectivity index (χ1v) is 18.8. The molecule has 7 aromatic carbocycles. The summed E-state index contributed by atoms with van der Waals surface area (Å²) in [6, 6.07) is 53.1. The molecule has 0 spiro atoms. The molecule has 0 unspecified atom stereocenters. The average molecular weight is 733 g/mol. The van der Waals surface area contributed by atoms with E-state index in [0.717, 1.165) is 105 Å². The Morgan fingerprint density at radius 3 is 1.74 bits per heavy atom. The van der Waals surface area contributed by atoms with Crippen LogP contribution in [0.3, 0.4) is 0 Å². The van der Waals surface area contributed by atoms with E-state index in [0.29, 0.717) is 17.5 Å². The number of pyridine rings is 1. The first kappa shape index (κ1) is 31.5. The minimum absolute atomic E-state index is 0.524. The van der Waals surface area contributed by atoms with E-state index >= 15 is 0 Å². The Labute approximate surface area is 324 Å². The Morgan fingerprint density at radius 1 is 0.333 bits per heavy atom. The van der Waals surface area contributed by atoms with Gasteiger partial charge in [-0.05, 0) is 65.7 Å². The number of nitrogens with zero attached hydrogens (tertiary/aromatic N) is 4. The Hall–Kier alpha value is -7.90. The minimum Gasteiger partial charge on any atom is -0.456 e. The van der Waals surface area contributed by atoms with E-state index in [9.17, 15) is 0 Å². The van der Waals surface area contributed by atoms with Crippen LogP contribution >= 0.6 is 0 Å². The number of para-hydroxylation sites is 3. The van der Waals surface area contributed by atoms with Gasteiger partial charge in [0.15, 0.2) is 17.5 Å².